The fourth-order valence-electron chi connectivity index (χ4n) is 2.67. The van der Waals surface area contributed by atoms with Crippen molar-refractivity contribution in [1.82, 2.24) is 4.90 Å². The number of carbonyl (C=O) groups is 2. The van der Waals surface area contributed by atoms with E-state index in [1.165, 1.54) is 0 Å². The van der Waals surface area contributed by atoms with Gasteiger partial charge in [-0.25, -0.2) is 0 Å². The third-order valence-electron chi connectivity index (χ3n) is 3.93. The Kier molecular flexibility index (Phi) is 6.28. The number of hydrogen-bond acceptors (Lipinski definition) is 3. The molecule has 0 heterocycles. The Morgan fingerprint density at radius 3 is 2.26 bits per heavy atom. The number of nitrogens with zero attached hydrogens (tertiary/aromatic N) is 1. The minimum Gasteiger partial charge on any atom is -0.368 e. The van der Waals surface area contributed by atoms with Crippen molar-refractivity contribution in [2.45, 2.75) is 64.5 Å². The van der Waals surface area contributed by atoms with Gasteiger partial charge in [-0.05, 0) is 51.9 Å². The van der Waals surface area contributed by atoms with Crippen LogP contribution >= 0.6 is 0 Å². The minimum atomic E-state index is -0.453. The van der Waals surface area contributed by atoms with Crippen LogP contribution in [0.2, 0.25) is 0 Å². The first-order valence-electron chi connectivity index (χ1n) is 7.23. The Morgan fingerprint density at radius 1 is 1.21 bits per heavy atom. The predicted molar refractivity (Wildman–Crippen MR) is 75.2 cm³/mol. The fourth-order valence-corrected chi connectivity index (χ4v) is 2.67. The molecule has 5 nitrogen and oxygen atoms in total. The zero-order valence-corrected chi connectivity index (χ0v) is 12.1. The Labute approximate surface area is 115 Å². The van der Waals surface area contributed by atoms with Crippen molar-refractivity contribution < 1.29 is 9.59 Å². The van der Waals surface area contributed by atoms with Gasteiger partial charge >= 0.3 is 0 Å². The van der Waals surface area contributed by atoms with Crippen molar-refractivity contribution in [3.8, 4) is 0 Å². The molecule has 19 heavy (non-hydrogen) atoms. The number of carbonyl (C=O) groups excluding carboxylic acids is 2. The van der Waals surface area contributed by atoms with Gasteiger partial charge in [0.1, 0.15) is 0 Å². The molecule has 0 saturated heterocycles. The lowest BCUT2D eigenvalue weighted by molar-refractivity contribution is -0.137. The van der Waals surface area contributed by atoms with Crippen LogP contribution in [-0.2, 0) is 9.59 Å². The first-order valence-corrected chi connectivity index (χ1v) is 7.23. The largest absolute Gasteiger partial charge is 0.368 e. The van der Waals surface area contributed by atoms with Gasteiger partial charge in [0.15, 0.2) is 0 Å². The lowest BCUT2D eigenvalue weighted by Gasteiger charge is -2.28. The summed E-state index contributed by atoms with van der Waals surface area (Å²) >= 11 is 0. The molecular weight excluding hydrogens is 242 g/mol. The number of amides is 2. The summed E-state index contributed by atoms with van der Waals surface area (Å²) in [7, 11) is 0. The molecule has 0 spiro atoms. The average molecular weight is 269 g/mol. The molecule has 4 N–H and O–H groups in total. The molecule has 0 aromatic rings. The number of hydrogen-bond donors (Lipinski definition) is 2. The third-order valence-corrected chi connectivity index (χ3v) is 3.93. The zero-order valence-electron chi connectivity index (χ0n) is 12.1. The van der Waals surface area contributed by atoms with Crippen molar-refractivity contribution in [1.29, 1.82) is 0 Å². The lowest BCUT2D eigenvalue weighted by Crippen LogP contribution is -2.42. The normalized spacial score (nSPS) is 23.4. The van der Waals surface area contributed by atoms with Gasteiger partial charge in [0.2, 0.25) is 11.8 Å². The molecule has 1 aliphatic carbocycles. The Bertz CT molecular complexity index is 310. The summed E-state index contributed by atoms with van der Waals surface area (Å²) in [6, 6.07) is 0.355. The SMILES string of the molecule is CC(C)N(CC(N)=O)C(=O)CCC1CCC(N)CC1. The lowest BCUT2D eigenvalue weighted by atomic mass is 9.83. The van der Waals surface area contributed by atoms with E-state index in [9.17, 15) is 9.59 Å². The van der Waals surface area contributed by atoms with Gasteiger partial charge in [-0.3, -0.25) is 9.59 Å². The smallest absolute Gasteiger partial charge is 0.237 e. The van der Waals surface area contributed by atoms with Gasteiger partial charge in [-0.15, -0.1) is 0 Å². The molecule has 2 amide bonds. The number of nitrogens with two attached hydrogens (primary N) is 2. The maximum Gasteiger partial charge on any atom is 0.237 e. The van der Waals surface area contributed by atoms with Crippen LogP contribution in [0, 0.1) is 5.92 Å². The van der Waals surface area contributed by atoms with Gasteiger partial charge in [-0.2, -0.15) is 0 Å². The second-order valence-corrected chi connectivity index (χ2v) is 5.90. The van der Waals surface area contributed by atoms with Gasteiger partial charge in [0.25, 0.3) is 0 Å². The molecule has 1 fully saturated rings. The van der Waals surface area contributed by atoms with Gasteiger partial charge < -0.3 is 16.4 Å². The first kappa shape index (κ1) is 16.0. The molecule has 5 heteroatoms. The standard InChI is InChI=1S/C14H27N3O2/c1-10(2)17(9-13(16)18)14(19)8-5-11-3-6-12(15)7-4-11/h10-12H,3-9,15H2,1-2H3,(H2,16,18). The number of primary amides is 1. The second kappa shape index (κ2) is 7.48. The average Bonchev–Trinajstić information content (AvgIpc) is 2.34. The molecule has 1 saturated carbocycles. The van der Waals surface area contributed by atoms with Crippen LogP contribution in [0.4, 0.5) is 0 Å². The van der Waals surface area contributed by atoms with Gasteiger partial charge in [-0.1, -0.05) is 0 Å². The van der Waals surface area contributed by atoms with Crippen molar-refractivity contribution >= 4 is 11.8 Å². The highest BCUT2D eigenvalue weighted by Gasteiger charge is 2.22. The van der Waals surface area contributed by atoms with E-state index in [0.717, 1.165) is 32.1 Å². The molecule has 0 radical (unpaired) electrons. The van der Waals surface area contributed by atoms with Gasteiger partial charge in [0.05, 0.1) is 6.54 Å². The summed E-state index contributed by atoms with van der Waals surface area (Å²) in [4.78, 5) is 24.7. The maximum absolute atomic E-state index is 12.1. The van der Waals surface area contributed by atoms with Crippen LogP contribution < -0.4 is 11.5 Å². The monoisotopic (exact) mass is 269 g/mol. The van der Waals surface area contributed by atoms with Crippen molar-refractivity contribution in [3.05, 3.63) is 0 Å². The summed E-state index contributed by atoms with van der Waals surface area (Å²) in [5, 5.41) is 0. The topological polar surface area (TPSA) is 89.4 Å². The number of rotatable bonds is 6. The van der Waals surface area contributed by atoms with E-state index in [1.54, 1.807) is 4.90 Å². The predicted octanol–water partition coefficient (Wildman–Crippen LogP) is 1.01. The zero-order chi connectivity index (χ0) is 14.4. The highest BCUT2D eigenvalue weighted by atomic mass is 16.2. The fraction of sp³-hybridized carbons (Fsp3) is 0.857. The maximum atomic E-state index is 12.1. The first-order chi connectivity index (χ1) is 8.90. The molecule has 0 atom stereocenters. The van der Waals surface area contributed by atoms with E-state index in [2.05, 4.69) is 0 Å². The molecule has 110 valence electrons. The molecule has 0 bridgehead atoms. The molecular formula is C14H27N3O2. The summed E-state index contributed by atoms with van der Waals surface area (Å²) in [5.41, 5.74) is 11.0. The van der Waals surface area contributed by atoms with Crippen molar-refractivity contribution in [2.75, 3.05) is 6.54 Å². The van der Waals surface area contributed by atoms with E-state index in [0.29, 0.717) is 18.4 Å². The van der Waals surface area contributed by atoms with E-state index in [1.807, 2.05) is 13.8 Å². The molecule has 0 aliphatic heterocycles. The minimum absolute atomic E-state index is 0.0137. The second-order valence-electron chi connectivity index (χ2n) is 5.90. The third kappa shape index (κ3) is 5.59. The Balaban J connectivity index is 2.37. The van der Waals surface area contributed by atoms with Crippen LogP contribution in [-0.4, -0.2) is 35.3 Å². The Hall–Kier alpha value is -1.10. The highest BCUT2D eigenvalue weighted by Crippen LogP contribution is 2.27. The van der Waals surface area contributed by atoms with E-state index >= 15 is 0 Å². The summed E-state index contributed by atoms with van der Waals surface area (Å²) < 4.78 is 0. The summed E-state index contributed by atoms with van der Waals surface area (Å²) in [6.07, 6.45) is 5.76. The quantitative estimate of drug-likeness (QED) is 0.754. The van der Waals surface area contributed by atoms with Crippen LogP contribution in [0.1, 0.15) is 52.4 Å². The molecule has 1 aliphatic rings. The summed E-state index contributed by atoms with van der Waals surface area (Å²) in [5.74, 6) is 0.181. The van der Waals surface area contributed by atoms with Crippen LogP contribution in [0.25, 0.3) is 0 Å². The molecule has 0 aromatic carbocycles. The molecule has 0 aromatic heterocycles. The molecule has 0 unspecified atom stereocenters. The van der Waals surface area contributed by atoms with Crippen LogP contribution in [0.5, 0.6) is 0 Å². The van der Waals surface area contributed by atoms with Crippen LogP contribution in [0.3, 0.4) is 0 Å². The summed E-state index contributed by atoms with van der Waals surface area (Å²) in [6.45, 7) is 3.83. The van der Waals surface area contributed by atoms with Crippen molar-refractivity contribution in [3.63, 3.8) is 0 Å². The van der Waals surface area contributed by atoms with E-state index < -0.39 is 5.91 Å². The highest BCUT2D eigenvalue weighted by molar-refractivity contribution is 5.84. The van der Waals surface area contributed by atoms with Crippen molar-refractivity contribution in [2.24, 2.45) is 17.4 Å². The molecule has 1 rings (SSSR count). The van der Waals surface area contributed by atoms with E-state index in [-0.39, 0.29) is 18.5 Å². The van der Waals surface area contributed by atoms with Gasteiger partial charge in [0, 0.05) is 18.5 Å². The Morgan fingerprint density at radius 2 is 1.79 bits per heavy atom. The van der Waals surface area contributed by atoms with E-state index in [4.69, 9.17) is 11.5 Å². The van der Waals surface area contributed by atoms with Crippen LogP contribution in [0.15, 0.2) is 0 Å².